The first-order valence-electron chi connectivity index (χ1n) is 26.1. The van der Waals surface area contributed by atoms with Crippen LogP contribution >= 0.6 is 0 Å². The van der Waals surface area contributed by atoms with E-state index in [1.165, 1.54) is 12.1 Å². The number of hydrogen-bond acceptors (Lipinski definition) is 2. The topological polar surface area (TPSA) is 16.4 Å². The number of nitrogens with zero attached hydrogens (tertiary/aromatic N) is 1. The maximum atomic E-state index is 9.65. The average molecular weight is 684 g/mol. The number of benzene rings is 9. The van der Waals surface area contributed by atoms with Crippen molar-refractivity contribution in [3.05, 3.63) is 200 Å². The van der Waals surface area contributed by atoms with Crippen LogP contribution in [-0.2, 0) is 0 Å². The first-order chi connectivity index (χ1) is 34.1. The lowest BCUT2D eigenvalue weighted by Crippen LogP contribution is -2.10. The van der Waals surface area contributed by atoms with Crippen LogP contribution in [0.5, 0.6) is 0 Å². The smallest absolute Gasteiger partial charge is 0.143 e. The molecule has 0 bridgehead atoms. The maximum Gasteiger partial charge on any atom is 0.143 e. The van der Waals surface area contributed by atoms with Gasteiger partial charge in [-0.1, -0.05) is 151 Å². The summed E-state index contributed by atoms with van der Waals surface area (Å²) in [5.74, 6) is 0. The van der Waals surface area contributed by atoms with Crippen LogP contribution in [0.3, 0.4) is 0 Å². The zero-order chi connectivity index (χ0) is 51.8. The van der Waals surface area contributed by atoms with Gasteiger partial charge < -0.3 is 9.32 Å². The summed E-state index contributed by atoms with van der Waals surface area (Å²) in [5, 5.41) is -2.27. The van der Waals surface area contributed by atoms with Crippen molar-refractivity contribution in [3.63, 3.8) is 0 Å². The zero-order valence-corrected chi connectivity index (χ0v) is 26.9. The Kier molecular flexibility index (Phi) is 3.83. The minimum atomic E-state index is -0.882. The summed E-state index contributed by atoms with van der Waals surface area (Å²) in [6.45, 7) is 0. The van der Waals surface area contributed by atoms with E-state index < -0.39 is 160 Å². The van der Waals surface area contributed by atoms with Crippen LogP contribution in [0.1, 0.15) is 27.4 Å². The second-order valence-corrected chi connectivity index (χ2v) is 11.8. The van der Waals surface area contributed by atoms with Gasteiger partial charge in [0.1, 0.15) is 11.2 Å². The summed E-state index contributed by atoms with van der Waals surface area (Å²) in [4.78, 5) is 1.09. The molecule has 0 unspecified atom stereocenters. The molecule has 0 amide bonds. The van der Waals surface area contributed by atoms with Gasteiger partial charge in [-0.15, -0.1) is 0 Å². The highest BCUT2D eigenvalue weighted by atomic mass is 16.3. The van der Waals surface area contributed by atoms with E-state index in [0.29, 0.717) is 5.56 Å². The SMILES string of the molecule is [2H]c1c([2H])c(N(c2ccc(-c3ccc(-c4ccccc4)cc3)cc2)c2c([2H])c([2H])c([2H])c3oc4c5c([2H])c([2H])c([2H])c([2H])c5c([2H])c([2H])c4c23)c([2H])c([2H])c1-c1c([2H])c([2H])c2c([2H])c([2H])c([2H])c([2H])c2c1[2H]. The fourth-order valence-corrected chi connectivity index (χ4v) is 6.23. The number of fused-ring (bicyclic) bond motifs is 6. The lowest BCUT2D eigenvalue weighted by atomic mass is 9.99. The highest BCUT2D eigenvalue weighted by Crippen LogP contribution is 2.45. The summed E-state index contributed by atoms with van der Waals surface area (Å²) in [5.41, 5.74) is 0.219. The lowest BCUT2D eigenvalue weighted by molar-refractivity contribution is 0.672. The Bertz CT molecular complexity index is 4000. The van der Waals surface area contributed by atoms with Crippen LogP contribution in [0, 0.1) is 0 Å². The molecule has 10 aromatic rings. The van der Waals surface area contributed by atoms with Crippen molar-refractivity contribution < 1.29 is 31.8 Å². The van der Waals surface area contributed by atoms with Gasteiger partial charge in [-0.3, -0.25) is 0 Å². The predicted molar refractivity (Wildman–Crippen MR) is 220 cm³/mol. The lowest BCUT2D eigenvalue weighted by Gasteiger charge is -2.26. The van der Waals surface area contributed by atoms with Gasteiger partial charge in [0, 0.05) is 22.1 Å². The molecule has 1 aromatic heterocycles. The van der Waals surface area contributed by atoms with Crippen LogP contribution < -0.4 is 4.90 Å². The second kappa shape index (κ2) is 12.5. The van der Waals surface area contributed by atoms with Crippen molar-refractivity contribution in [1.29, 1.82) is 0 Å². The second-order valence-electron chi connectivity index (χ2n) is 11.8. The molecule has 0 aliphatic rings. The Hall–Kier alpha value is -6.90. The summed E-state index contributed by atoms with van der Waals surface area (Å²) in [6.07, 6.45) is 0. The zero-order valence-electron chi connectivity index (χ0n) is 46.9. The van der Waals surface area contributed by atoms with Crippen LogP contribution in [0.2, 0.25) is 0 Å². The molecule has 0 N–H and O–H groups in total. The van der Waals surface area contributed by atoms with Crippen LogP contribution in [-0.4, -0.2) is 0 Å². The van der Waals surface area contributed by atoms with E-state index in [2.05, 4.69) is 0 Å². The van der Waals surface area contributed by atoms with Crippen molar-refractivity contribution in [3.8, 4) is 33.4 Å². The molecule has 0 saturated heterocycles. The quantitative estimate of drug-likeness (QED) is 0.173. The molecule has 0 spiro atoms. The normalized spacial score (nSPS) is 16.8. The summed E-state index contributed by atoms with van der Waals surface area (Å²) in [6, 6.07) is 8.86. The van der Waals surface area contributed by atoms with E-state index in [0.717, 1.165) is 21.6 Å². The molecule has 9 aromatic carbocycles. The highest BCUT2D eigenvalue weighted by molar-refractivity contribution is 6.19. The fraction of sp³-hybridized carbons (Fsp3) is 0. The fourth-order valence-electron chi connectivity index (χ4n) is 6.23. The third-order valence-corrected chi connectivity index (χ3v) is 8.74. The van der Waals surface area contributed by atoms with Crippen LogP contribution in [0.4, 0.5) is 17.1 Å². The molecule has 0 fully saturated rings. The third-order valence-electron chi connectivity index (χ3n) is 8.74. The van der Waals surface area contributed by atoms with E-state index >= 15 is 0 Å². The largest absolute Gasteiger partial charge is 0.455 e. The molecule has 2 heteroatoms. The predicted octanol–water partition coefficient (Wildman–Crippen LogP) is 14.4. The molecule has 10 rings (SSSR count). The number of rotatable bonds is 6. The molecule has 244 valence electrons. The van der Waals surface area contributed by atoms with Gasteiger partial charge in [-0.2, -0.15) is 0 Å². The molecule has 0 saturated carbocycles. The van der Waals surface area contributed by atoms with Gasteiger partial charge in [-0.05, 0) is 97.9 Å². The van der Waals surface area contributed by atoms with Gasteiger partial charge in [0.15, 0.2) is 0 Å². The molecule has 1 heterocycles. The molecule has 0 aliphatic heterocycles. The molecular formula is C50H33NO. The van der Waals surface area contributed by atoms with E-state index in [9.17, 15) is 9.60 Å². The minimum Gasteiger partial charge on any atom is -0.455 e. The number of furan rings is 1. The van der Waals surface area contributed by atoms with Gasteiger partial charge in [0.05, 0.1) is 38.5 Å². The number of hydrogen-bond donors (Lipinski definition) is 0. The Morgan fingerprint density at radius 1 is 0.404 bits per heavy atom. The van der Waals surface area contributed by atoms with Crippen LogP contribution in [0.25, 0.3) is 76.9 Å². The first-order valence-corrected chi connectivity index (χ1v) is 16.1. The summed E-state index contributed by atoms with van der Waals surface area (Å²) in [7, 11) is 0. The van der Waals surface area contributed by atoms with E-state index in [4.69, 9.17) is 22.2 Å². The van der Waals surface area contributed by atoms with Crippen molar-refractivity contribution in [1.82, 2.24) is 0 Å². The van der Waals surface area contributed by atoms with Crippen molar-refractivity contribution >= 4 is 60.5 Å². The van der Waals surface area contributed by atoms with E-state index in [1.54, 1.807) is 12.1 Å². The van der Waals surface area contributed by atoms with Gasteiger partial charge in [-0.25, -0.2) is 0 Å². The van der Waals surface area contributed by atoms with Crippen molar-refractivity contribution in [2.24, 2.45) is 0 Å². The molecular weight excluding hydrogens is 631 g/mol. The first kappa shape index (κ1) is 16.0. The maximum absolute atomic E-state index is 9.65. The molecule has 2 nitrogen and oxygen atoms in total. The molecule has 0 radical (unpaired) electrons. The Labute approximate surface area is 330 Å². The van der Waals surface area contributed by atoms with Gasteiger partial charge >= 0.3 is 0 Å². The van der Waals surface area contributed by atoms with Gasteiger partial charge in [0.25, 0.3) is 0 Å². The standard InChI is InChI=1S/C50H33NO/c1-2-9-34(10-3-1)36-17-19-37(20-18-36)38-23-28-43(29-24-38)51(44-30-25-39(26-31-44)42-22-21-35-11-4-5-13-41(35)33-42)47-15-8-16-48-49(47)46-32-27-40-12-6-7-14-45(40)50(46)52-48/h1-33H/i4D,5D,6D,7D,8D,11D,12D,13D,14D,15D,16D,21D,22D,25D,26D,27D,30D,31D,32D,33D. The highest BCUT2D eigenvalue weighted by Gasteiger charge is 2.20. The monoisotopic (exact) mass is 683 g/mol. The summed E-state index contributed by atoms with van der Waals surface area (Å²) >= 11 is 0. The van der Waals surface area contributed by atoms with Crippen molar-refractivity contribution in [2.75, 3.05) is 4.90 Å². The Morgan fingerprint density at radius 2 is 1.02 bits per heavy atom. The third kappa shape index (κ3) is 5.21. The average Bonchev–Trinajstić information content (AvgIpc) is 3.78. The molecule has 0 atom stereocenters. The van der Waals surface area contributed by atoms with Crippen molar-refractivity contribution in [2.45, 2.75) is 0 Å². The summed E-state index contributed by atoms with van der Waals surface area (Å²) < 4.78 is 185. The molecule has 52 heavy (non-hydrogen) atoms. The van der Waals surface area contributed by atoms with E-state index in [1.807, 2.05) is 54.6 Å². The van der Waals surface area contributed by atoms with E-state index in [-0.39, 0.29) is 32.8 Å². The number of anilines is 3. The minimum absolute atomic E-state index is 0.0346. The Balaban J connectivity index is 1.30. The molecule has 0 aliphatic carbocycles. The van der Waals surface area contributed by atoms with Gasteiger partial charge in [0.2, 0.25) is 0 Å². The Morgan fingerprint density at radius 3 is 1.77 bits per heavy atom. The van der Waals surface area contributed by atoms with Crippen LogP contribution in [0.15, 0.2) is 204 Å².